The summed E-state index contributed by atoms with van der Waals surface area (Å²) < 4.78 is 5.12. The number of ether oxygens (including phenoxy) is 1. The summed E-state index contributed by atoms with van der Waals surface area (Å²) in [6.45, 7) is 14.8. The van der Waals surface area contributed by atoms with Gasteiger partial charge in [0, 0.05) is 13.7 Å². The van der Waals surface area contributed by atoms with E-state index in [4.69, 9.17) is 4.74 Å². The van der Waals surface area contributed by atoms with Gasteiger partial charge in [-0.2, -0.15) is 0 Å². The molecule has 90 valence electrons. The van der Waals surface area contributed by atoms with Crippen molar-refractivity contribution in [2.24, 2.45) is 22.7 Å². The number of hydrogen-bond acceptors (Lipinski definition) is 2. The highest BCUT2D eigenvalue weighted by molar-refractivity contribution is 5.12. The van der Waals surface area contributed by atoms with E-state index in [1.807, 2.05) is 0 Å². The van der Waals surface area contributed by atoms with Crippen LogP contribution < -0.4 is 5.32 Å². The van der Waals surface area contributed by atoms with Crippen LogP contribution in [0.4, 0.5) is 0 Å². The van der Waals surface area contributed by atoms with Crippen LogP contribution >= 0.6 is 0 Å². The molecule has 0 aromatic heterocycles. The maximum absolute atomic E-state index is 5.12. The Morgan fingerprint density at radius 3 is 2.13 bits per heavy atom. The first-order valence-corrected chi connectivity index (χ1v) is 6.03. The summed E-state index contributed by atoms with van der Waals surface area (Å²) in [7, 11) is 1.77. The average Bonchev–Trinajstić information content (AvgIpc) is 2.48. The lowest BCUT2D eigenvalue weighted by Gasteiger charge is -2.12. The average molecular weight is 213 g/mol. The first kappa shape index (κ1) is 13.0. The van der Waals surface area contributed by atoms with Gasteiger partial charge in [0.1, 0.15) is 0 Å². The van der Waals surface area contributed by atoms with Crippen LogP contribution in [0.15, 0.2) is 0 Å². The summed E-state index contributed by atoms with van der Waals surface area (Å²) in [5, 5.41) is 3.56. The summed E-state index contributed by atoms with van der Waals surface area (Å²) in [5.41, 5.74) is 1.01. The zero-order chi connectivity index (χ0) is 11.7. The van der Waals surface area contributed by atoms with Crippen molar-refractivity contribution in [1.29, 1.82) is 0 Å². The Hall–Kier alpha value is -0.0800. The highest BCUT2D eigenvalue weighted by Crippen LogP contribution is 2.67. The molecule has 1 rings (SSSR count). The highest BCUT2D eigenvalue weighted by Gasteiger charge is 2.63. The van der Waals surface area contributed by atoms with Gasteiger partial charge in [0.25, 0.3) is 0 Å². The molecule has 1 saturated carbocycles. The second-order valence-corrected chi connectivity index (χ2v) is 6.21. The molecule has 1 fully saturated rings. The Kier molecular flexibility index (Phi) is 3.83. The molecule has 0 bridgehead atoms. The Balaban J connectivity index is 2.18. The van der Waals surface area contributed by atoms with Gasteiger partial charge in [0.15, 0.2) is 0 Å². The number of methoxy groups -OCH3 is 1. The van der Waals surface area contributed by atoms with Crippen LogP contribution in [0.3, 0.4) is 0 Å². The van der Waals surface area contributed by atoms with Crippen molar-refractivity contribution >= 4 is 0 Å². The first-order valence-electron chi connectivity index (χ1n) is 6.03. The van der Waals surface area contributed by atoms with Crippen molar-refractivity contribution in [3.63, 3.8) is 0 Å². The summed E-state index contributed by atoms with van der Waals surface area (Å²) >= 11 is 0. The summed E-state index contributed by atoms with van der Waals surface area (Å²) in [4.78, 5) is 0. The van der Waals surface area contributed by atoms with Gasteiger partial charge in [0.05, 0.1) is 0 Å². The molecule has 1 atom stereocenters. The standard InChI is InChI=1S/C13H27NO/c1-10(9-15-6)7-14-8-11-12(2,3)13(11,4)5/h10-11,14H,7-9H2,1-6H3. The van der Waals surface area contributed by atoms with Gasteiger partial charge in [-0.25, -0.2) is 0 Å². The van der Waals surface area contributed by atoms with Crippen LogP contribution in [0, 0.1) is 22.7 Å². The molecular weight excluding hydrogens is 186 g/mol. The van der Waals surface area contributed by atoms with Crippen molar-refractivity contribution in [2.45, 2.75) is 34.6 Å². The maximum atomic E-state index is 5.12. The molecule has 0 amide bonds. The summed E-state index contributed by atoms with van der Waals surface area (Å²) in [5.74, 6) is 1.43. The maximum Gasteiger partial charge on any atom is 0.0499 e. The molecule has 15 heavy (non-hydrogen) atoms. The van der Waals surface area contributed by atoms with Crippen LogP contribution in [0.5, 0.6) is 0 Å². The van der Waals surface area contributed by atoms with Gasteiger partial charge in [-0.3, -0.25) is 0 Å². The minimum Gasteiger partial charge on any atom is -0.384 e. The van der Waals surface area contributed by atoms with E-state index >= 15 is 0 Å². The first-order chi connectivity index (χ1) is 6.84. The minimum absolute atomic E-state index is 0.504. The zero-order valence-corrected chi connectivity index (χ0v) is 11.2. The molecule has 0 spiro atoms. The van der Waals surface area contributed by atoms with Crippen molar-refractivity contribution in [1.82, 2.24) is 5.32 Å². The molecule has 2 heteroatoms. The Labute approximate surface area is 94.8 Å². The molecule has 1 aliphatic carbocycles. The third-order valence-electron chi connectivity index (χ3n) is 4.61. The topological polar surface area (TPSA) is 21.3 Å². The van der Waals surface area contributed by atoms with E-state index in [9.17, 15) is 0 Å². The van der Waals surface area contributed by atoms with Gasteiger partial charge < -0.3 is 10.1 Å². The van der Waals surface area contributed by atoms with E-state index < -0.39 is 0 Å². The van der Waals surface area contributed by atoms with Gasteiger partial charge >= 0.3 is 0 Å². The predicted molar refractivity (Wildman–Crippen MR) is 65.0 cm³/mol. The lowest BCUT2D eigenvalue weighted by atomic mass is 10.0. The van der Waals surface area contributed by atoms with Crippen LogP contribution in [0.2, 0.25) is 0 Å². The van der Waals surface area contributed by atoms with Gasteiger partial charge in [-0.1, -0.05) is 34.6 Å². The quantitative estimate of drug-likeness (QED) is 0.732. The summed E-state index contributed by atoms with van der Waals surface area (Å²) in [6.07, 6.45) is 0. The molecule has 0 radical (unpaired) electrons. The van der Waals surface area contributed by atoms with E-state index in [1.165, 1.54) is 0 Å². The van der Waals surface area contributed by atoms with Gasteiger partial charge in [-0.15, -0.1) is 0 Å². The van der Waals surface area contributed by atoms with Crippen LogP contribution in [0.25, 0.3) is 0 Å². The molecule has 0 saturated heterocycles. The van der Waals surface area contributed by atoms with Gasteiger partial charge in [0.2, 0.25) is 0 Å². The fourth-order valence-corrected chi connectivity index (χ4v) is 2.66. The molecule has 1 N–H and O–H groups in total. The van der Waals surface area contributed by atoms with Crippen molar-refractivity contribution in [3.8, 4) is 0 Å². The molecule has 0 heterocycles. The van der Waals surface area contributed by atoms with Crippen LogP contribution in [-0.2, 0) is 4.74 Å². The number of hydrogen-bond donors (Lipinski definition) is 1. The third kappa shape index (κ3) is 2.54. The highest BCUT2D eigenvalue weighted by atomic mass is 16.5. The van der Waals surface area contributed by atoms with E-state index in [0.29, 0.717) is 16.7 Å². The number of nitrogens with one attached hydrogen (secondary N) is 1. The monoisotopic (exact) mass is 213 g/mol. The molecular formula is C13H27NO. The van der Waals surface area contributed by atoms with E-state index in [0.717, 1.165) is 25.6 Å². The lowest BCUT2D eigenvalue weighted by Crippen LogP contribution is -2.26. The van der Waals surface area contributed by atoms with Crippen LogP contribution in [0.1, 0.15) is 34.6 Å². The van der Waals surface area contributed by atoms with Crippen LogP contribution in [-0.4, -0.2) is 26.8 Å². The minimum atomic E-state index is 0.504. The van der Waals surface area contributed by atoms with Crippen molar-refractivity contribution in [2.75, 3.05) is 26.8 Å². The summed E-state index contributed by atoms with van der Waals surface area (Å²) in [6, 6.07) is 0. The normalized spacial score (nSPS) is 25.2. The van der Waals surface area contributed by atoms with E-state index in [2.05, 4.69) is 39.9 Å². The molecule has 1 unspecified atom stereocenters. The third-order valence-corrected chi connectivity index (χ3v) is 4.61. The Morgan fingerprint density at radius 1 is 1.20 bits per heavy atom. The molecule has 2 nitrogen and oxygen atoms in total. The second kappa shape index (κ2) is 4.42. The number of rotatable bonds is 6. The lowest BCUT2D eigenvalue weighted by molar-refractivity contribution is 0.158. The molecule has 1 aliphatic rings. The fraction of sp³-hybridized carbons (Fsp3) is 1.00. The fourth-order valence-electron chi connectivity index (χ4n) is 2.66. The zero-order valence-electron chi connectivity index (χ0n) is 11.2. The van der Waals surface area contributed by atoms with E-state index in [1.54, 1.807) is 7.11 Å². The van der Waals surface area contributed by atoms with Crippen molar-refractivity contribution in [3.05, 3.63) is 0 Å². The largest absolute Gasteiger partial charge is 0.384 e. The second-order valence-electron chi connectivity index (χ2n) is 6.21. The molecule has 0 aromatic rings. The van der Waals surface area contributed by atoms with Gasteiger partial charge in [-0.05, 0) is 35.8 Å². The van der Waals surface area contributed by atoms with Crippen molar-refractivity contribution < 1.29 is 4.74 Å². The molecule has 0 aliphatic heterocycles. The molecule has 0 aromatic carbocycles. The Morgan fingerprint density at radius 2 is 1.73 bits per heavy atom. The smallest absolute Gasteiger partial charge is 0.0499 e. The SMILES string of the molecule is COCC(C)CNCC1C(C)(C)C1(C)C. The Bertz CT molecular complexity index is 197. The predicted octanol–water partition coefficient (Wildman–Crippen LogP) is 2.54. The van der Waals surface area contributed by atoms with E-state index in [-0.39, 0.29) is 0 Å².